The SMILES string of the molecule is N#Cc1ccc(-c2cnc(C34CC5CC6CC(C3)C64C5)s2)cc1. The molecule has 1 aromatic carbocycles. The molecule has 23 heavy (non-hydrogen) atoms. The molecule has 0 saturated heterocycles. The molecule has 5 atom stereocenters. The van der Waals surface area contributed by atoms with E-state index in [1.807, 2.05) is 23.5 Å². The fourth-order valence-corrected chi connectivity index (χ4v) is 8.12. The van der Waals surface area contributed by atoms with Gasteiger partial charge in [0.2, 0.25) is 0 Å². The summed E-state index contributed by atoms with van der Waals surface area (Å²) in [6.07, 6.45) is 9.38. The van der Waals surface area contributed by atoms with Crippen LogP contribution in [-0.2, 0) is 5.41 Å². The van der Waals surface area contributed by atoms with Crippen molar-refractivity contribution in [3.63, 3.8) is 0 Å². The highest BCUT2D eigenvalue weighted by molar-refractivity contribution is 7.15. The van der Waals surface area contributed by atoms with Crippen molar-refractivity contribution < 1.29 is 0 Å². The van der Waals surface area contributed by atoms with Gasteiger partial charge in [0, 0.05) is 11.6 Å². The van der Waals surface area contributed by atoms with Gasteiger partial charge in [-0.15, -0.1) is 11.3 Å². The van der Waals surface area contributed by atoms with Crippen LogP contribution in [0, 0.1) is 34.5 Å². The third-order valence-electron chi connectivity index (χ3n) is 7.61. The van der Waals surface area contributed by atoms with Crippen LogP contribution in [0.3, 0.4) is 0 Å². The molecule has 0 radical (unpaired) electrons. The monoisotopic (exact) mass is 318 g/mol. The van der Waals surface area contributed by atoms with Crippen molar-refractivity contribution in [1.29, 1.82) is 5.26 Å². The van der Waals surface area contributed by atoms with Crippen LogP contribution in [-0.4, -0.2) is 4.98 Å². The fourth-order valence-electron chi connectivity index (χ4n) is 6.90. The van der Waals surface area contributed by atoms with Gasteiger partial charge in [-0.2, -0.15) is 5.26 Å². The minimum atomic E-state index is 0.443. The Morgan fingerprint density at radius 1 is 1.09 bits per heavy atom. The Balaban J connectivity index is 1.39. The van der Waals surface area contributed by atoms with Crippen LogP contribution in [0.15, 0.2) is 30.5 Å². The number of nitriles is 1. The molecule has 1 aromatic heterocycles. The maximum Gasteiger partial charge on any atom is 0.0999 e. The summed E-state index contributed by atoms with van der Waals surface area (Å²) >= 11 is 1.91. The Hall–Kier alpha value is -1.66. The van der Waals surface area contributed by atoms with Crippen molar-refractivity contribution in [3.05, 3.63) is 41.0 Å². The molecule has 1 spiro atoms. The van der Waals surface area contributed by atoms with E-state index < -0.39 is 0 Å². The molecule has 4 aliphatic carbocycles. The van der Waals surface area contributed by atoms with Crippen LogP contribution < -0.4 is 0 Å². The number of hydrogen-bond acceptors (Lipinski definition) is 3. The van der Waals surface area contributed by atoms with Crippen molar-refractivity contribution in [3.8, 4) is 16.5 Å². The molecule has 2 bridgehead atoms. The minimum absolute atomic E-state index is 0.443. The molecule has 5 unspecified atom stereocenters. The average Bonchev–Trinajstić information content (AvgIpc) is 3.23. The molecule has 4 fully saturated rings. The summed E-state index contributed by atoms with van der Waals surface area (Å²) in [6.45, 7) is 0. The summed E-state index contributed by atoms with van der Waals surface area (Å²) < 4.78 is 0. The van der Waals surface area contributed by atoms with Gasteiger partial charge in [-0.3, -0.25) is 0 Å². The summed E-state index contributed by atoms with van der Waals surface area (Å²) in [7, 11) is 0. The topological polar surface area (TPSA) is 36.7 Å². The predicted molar refractivity (Wildman–Crippen MR) is 89.9 cm³/mol. The van der Waals surface area contributed by atoms with Gasteiger partial charge >= 0.3 is 0 Å². The van der Waals surface area contributed by atoms with E-state index in [4.69, 9.17) is 10.2 Å². The summed E-state index contributed by atoms with van der Waals surface area (Å²) in [5, 5.41) is 10.4. The lowest BCUT2D eigenvalue weighted by Crippen LogP contribution is -2.68. The van der Waals surface area contributed by atoms with Crippen molar-refractivity contribution in [2.75, 3.05) is 0 Å². The quantitative estimate of drug-likeness (QED) is 0.800. The zero-order chi connectivity index (χ0) is 15.2. The lowest BCUT2D eigenvalue weighted by molar-refractivity contribution is -0.198. The van der Waals surface area contributed by atoms with Crippen LogP contribution >= 0.6 is 11.3 Å². The third kappa shape index (κ3) is 1.27. The predicted octanol–water partition coefficient (Wildman–Crippen LogP) is 4.76. The first-order valence-electron chi connectivity index (χ1n) is 8.72. The second-order valence-corrected chi connectivity index (χ2v) is 9.22. The first-order chi connectivity index (χ1) is 11.2. The number of nitrogens with zero attached hydrogens (tertiary/aromatic N) is 2. The van der Waals surface area contributed by atoms with Gasteiger partial charge in [0.25, 0.3) is 0 Å². The van der Waals surface area contributed by atoms with E-state index in [1.54, 1.807) is 0 Å². The summed E-state index contributed by atoms with van der Waals surface area (Å²) in [4.78, 5) is 6.17. The zero-order valence-corrected chi connectivity index (χ0v) is 13.8. The molecular weight excluding hydrogens is 300 g/mol. The highest BCUT2D eigenvalue weighted by atomic mass is 32.1. The molecule has 0 amide bonds. The van der Waals surface area contributed by atoms with E-state index in [2.05, 4.69) is 24.4 Å². The Morgan fingerprint density at radius 2 is 1.96 bits per heavy atom. The number of hydrogen-bond donors (Lipinski definition) is 0. The molecular formula is C20H18N2S. The number of thiazole rings is 1. The Kier molecular flexibility index (Phi) is 2.14. The zero-order valence-electron chi connectivity index (χ0n) is 13.0. The molecule has 1 heterocycles. The standard InChI is InChI=1S/C20H18N2S/c21-10-12-1-3-14(4-2-12)17-11-22-18(23-17)19-7-13-5-15-6-16(9-19)20(15,19)8-13/h1-4,11,13,15-16H,5-9H2. The second kappa shape index (κ2) is 3.87. The van der Waals surface area contributed by atoms with E-state index in [0.717, 1.165) is 23.3 Å². The molecule has 2 aromatic rings. The molecule has 3 heteroatoms. The van der Waals surface area contributed by atoms with Crippen LogP contribution in [0.2, 0.25) is 0 Å². The molecule has 4 aliphatic rings. The molecule has 6 rings (SSSR count). The van der Waals surface area contributed by atoms with Crippen LogP contribution in [0.5, 0.6) is 0 Å². The van der Waals surface area contributed by atoms with Gasteiger partial charge in [0.15, 0.2) is 0 Å². The van der Waals surface area contributed by atoms with Crippen LogP contribution in [0.25, 0.3) is 10.4 Å². The Labute approximate surface area is 140 Å². The first-order valence-corrected chi connectivity index (χ1v) is 9.54. The Bertz CT molecular complexity index is 861. The largest absolute Gasteiger partial charge is 0.248 e. The fraction of sp³-hybridized carbons (Fsp3) is 0.500. The van der Waals surface area contributed by atoms with Gasteiger partial charge in [-0.25, -0.2) is 4.98 Å². The minimum Gasteiger partial charge on any atom is -0.248 e. The highest BCUT2D eigenvalue weighted by Crippen LogP contribution is 2.86. The normalized spacial score (nSPS) is 41.8. The van der Waals surface area contributed by atoms with Gasteiger partial charge in [-0.05, 0) is 73.0 Å². The summed E-state index contributed by atoms with van der Waals surface area (Å²) in [5.41, 5.74) is 3.03. The van der Waals surface area contributed by atoms with Gasteiger partial charge in [0.1, 0.15) is 0 Å². The summed E-state index contributed by atoms with van der Waals surface area (Å²) in [5.74, 6) is 3.01. The van der Waals surface area contributed by atoms with Crippen molar-refractivity contribution >= 4 is 11.3 Å². The van der Waals surface area contributed by atoms with Gasteiger partial charge in [-0.1, -0.05) is 12.1 Å². The third-order valence-corrected chi connectivity index (χ3v) is 8.86. The molecule has 4 saturated carbocycles. The van der Waals surface area contributed by atoms with E-state index in [-0.39, 0.29) is 0 Å². The van der Waals surface area contributed by atoms with Crippen molar-refractivity contribution in [2.45, 2.75) is 37.5 Å². The number of fused-ring (bicyclic) bond motifs is 1. The van der Waals surface area contributed by atoms with E-state index in [1.165, 1.54) is 47.6 Å². The molecule has 0 N–H and O–H groups in total. The number of rotatable bonds is 2. The first kappa shape index (κ1) is 12.7. The number of benzene rings is 1. The van der Waals surface area contributed by atoms with Crippen LogP contribution in [0.4, 0.5) is 0 Å². The summed E-state index contributed by atoms with van der Waals surface area (Å²) in [6, 6.07) is 10.1. The van der Waals surface area contributed by atoms with Crippen LogP contribution in [0.1, 0.15) is 42.7 Å². The lowest BCUT2D eigenvalue weighted by atomic mass is 9.32. The van der Waals surface area contributed by atoms with E-state index >= 15 is 0 Å². The van der Waals surface area contributed by atoms with E-state index in [0.29, 0.717) is 10.8 Å². The highest BCUT2D eigenvalue weighted by Gasteiger charge is 2.81. The maximum atomic E-state index is 8.95. The Morgan fingerprint density at radius 3 is 2.70 bits per heavy atom. The van der Waals surface area contributed by atoms with Crippen molar-refractivity contribution in [2.24, 2.45) is 23.2 Å². The number of aromatic nitrogens is 1. The smallest absolute Gasteiger partial charge is 0.0999 e. The second-order valence-electron chi connectivity index (χ2n) is 8.18. The molecule has 114 valence electrons. The van der Waals surface area contributed by atoms with Gasteiger partial charge < -0.3 is 0 Å². The molecule has 0 aliphatic heterocycles. The average molecular weight is 318 g/mol. The lowest BCUT2D eigenvalue weighted by Gasteiger charge is -2.72. The maximum absolute atomic E-state index is 8.95. The molecule has 2 nitrogen and oxygen atoms in total. The van der Waals surface area contributed by atoms with Gasteiger partial charge in [0.05, 0.1) is 21.5 Å². The van der Waals surface area contributed by atoms with E-state index in [9.17, 15) is 0 Å². The van der Waals surface area contributed by atoms with Crippen molar-refractivity contribution in [1.82, 2.24) is 4.98 Å².